The van der Waals surface area contributed by atoms with Crippen LogP contribution >= 0.6 is 0 Å². The minimum absolute atomic E-state index is 0.293. The minimum Gasteiger partial charge on any atom is -0.428 e. The fourth-order valence-electron chi connectivity index (χ4n) is 1.75. The highest BCUT2D eigenvalue weighted by atomic mass is 16.4. The van der Waals surface area contributed by atoms with Crippen molar-refractivity contribution in [3.8, 4) is 0 Å². The van der Waals surface area contributed by atoms with Crippen molar-refractivity contribution in [1.82, 2.24) is 4.98 Å². The Labute approximate surface area is 87.8 Å². The highest BCUT2D eigenvalue weighted by molar-refractivity contribution is 5.82. The van der Waals surface area contributed by atoms with E-state index in [-0.39, 0.29) is 5.63 Å². The van der Waals surface area contributed by atoms with Crippen LogP contribution in [0.25, 0.3) is 10.9 Å². The predicted molar refractivity (Wildman–Crippen MR) is 59.2 cm³/mol. The quantitative estimate of drug-likeness (QED) is 0.660. The first-order valence-corrected chi connectivity index (χ1v) is 4.89. The van der Waals surface area contributed by atoms with Crippen molar-refractivity contribution < 1.29 is 4.42 Å². The van der Waals surface area contributed by atoms with E-state index in [1.807, 2.05) is 20.8 Å². The van der Waals surface area contributed by atoms with E-state index in [9.17, 15) is 4.79 Å². The molecule has 0 aliphatic carbocycles. The molecule has 0 aromatic carbocycles. The summed E-state index contributed by atoms with van der Waals surface area (Å²) in [5.41, 5.74) is 3.41. The molecule has 0 spiro atoms. The van der Waals surface area contributed by atoms with Gasteiger partial charge in [-0.2, -0.15) is 0 Å². The molecular weight excluding hydrogens is 190 g/mol. The molecule has 2 rings (SSSR count). The molecule has 0 bridgehead atoms. The van der Waals surface area contributed by atoms with E-state index in [1.165, 1.54) is 0 Å². The zero-order chi connectivity index (χ0) is 11.2. The molecule has 3 nitrogen and oxygen atoms in total. The number of hydrogen-bond acceptors (Lipinski definition) is 3. The van der Waals surface area contributed by atoms with Crippen LogP contribution in [-0.2, 0) is 0 Å². The zero-order valence-corrected chi connectivity index (χ0v) is 9.34. The first-order chi connectivity index (χ1) is 7.00. The van der Waals surface area contributed by atoms with Crippen LogP contribution in [0.3, 0.4) is 0 Å². The molecule has 2 aromatic heterocycles. The third-order valence-electron chi connectivity index (χ3n) is 2.82. The van der Waals surface area contributed by atoms with Gasteiger partial charge in [-0.25, -0.2) is 4.79 Å². The maximum atomic E-state index is 11.7. The van der Waals surface area contributed by atoms with Gasteiger partial charge < -0.3 is 4.42 Å². The Hall–Kier alpha value is -1.64. The number of fused-ring (bicyclic) bond motifs is 1. The van der Waals surface area contributed by atoms with E-state index in [4.69, 9.17) is 4.42 Å². The summed E-state index contributed by atoms with van der Waals surface area (Å²) in [7, 11) is 0. The number of nitrogens with zero attached hydrogens (tertiary/aromatic N) is 1. The molecule has 78 valence electrons. The normalized spacial score (nSPS) is 10.9. The van der Waals surface area contributed by atoms with E-state index in [0.717, 1.165) is 22.3 Å². The summed E-state index contributed by atoms with van der Waals surface area (Å²) < 4.78 is 5.07. The van der Waals surface area contributed by atoms with Gasteiger partial charge in [-0.15, -0.1) is 0 Å². The number of pyridine rings is 1. The molecule has 0 aliphatic heterocycles. The Bertz CT molecular complexity index is 597. The first kappa shape index (κ1) is 9.90. The van der Waals surface area contributed by atoms with E-state index in [2.05, 4.69) is 4.98 Å². The van der Waals surface area contributed by atoms with E-state index < -0.39 is 0 Å². The highest BCUT2D eigenvalue weighted by Gasteiger charge is 2.10. The zero-order valence-electron chi connectivity index (χ0n) is 9.34. The fraction of sp³-hybridized carbons (Fsp3) is 0.333. The number of aromatic nitrogens is 1. The van der Waals surface area contributed by atoms with Gasteiger partial charge >= 0.3 is 5.63 Å². The van der Waals surface area contributed by atoms with Crippen LogP contribution in [0.5, 0.6) is 0 Å². The predicted octanol–water partition coefficient (Wildman–Crippen LogP) is 2.42. The average molecular weight is 203 g/mol. The third kappa shape index (κ3) is 1.44. The smallest absolute Gasteiger partial charge is 0.345 e. The van der Waals surface area contributed by atoms with Gasteiger partial charge in [-0.05, 0) is 38.8 Å². The Morgan fingerprint density at radius 3 is 2.47 bits per heavy atom. The average Bonchev–Trinajstić information content (AvgIpc) is 2.13. The lowest BCUT2D eigenvalue weighted by Crippen LogP contribution is -2.06. The van der Waals surface area contributed by atoms with Crippen LogP contribution in [0.4, 0.5) is 0 Å². The summed E-state index contributed by atoms with van der Waals surface area (Å²) in [6.07, 6.45) is 0. The third-order valence-corrected chi connectivity index (χ3v) is 2.82. The molecule has 0 N–H and O–H groups in total. The fourth-order valence-corrected chi connectivity index (χ4v) is 1.75. The van der Waals surface area contributed by atoms with Crippen LogP contribution in [0, 0.1) is 27.7 Å². The first-order valence-electron chi connectivity index (χ1n) is 4.89. The minimum atomic E-state index is -0.293. The van der Waals surface area contributed by atoms with Crippen molar-refractivity contribution >= 4 is 10.9 Å². The highest BCUT2D eigenvalue weighted by Crippen LogP contribution is 2.19. The summed E-state index contributed by atoms with van der Waals surface area (Å²) in [6.45, 7) is 7.60. The van der Waals surface area contributed by atoms with Crippen molar-refractivity contribution in [2.24, 2.45) is 0 Å². The Morgan fingerprint density at radius 2 is 1.80 bits per heavy atom. The van der Waals surface area contributed by atoms with Crippen LogP contribution < -0.4 is 5.63 Å². The lowest BCUT2D eigenvalue weighted by Gasteiger charge is -2.07. The van der Waals surface area contributed by atoms with Gasteiger partial charge in [-0.1, -0.05) is 0 Å². The monoisotopic (exact) mass is 203 g/mol. The van der Waals surface area contributed by atoms with Crippen molar-refractivity contribution in [3.05, 3.63) is 39.1 Å². The van der Waals surface area contributed by atoms with Crippen LogP contribution in [-0.4, -0.2) is 4.98 Å². The van der Waals surface area contributed by atoms with Gasteiger partial charge in [0.05, 0.1) is 10.9 Å². The maximum absolute atomic E-state index is 11.7. The van der Waals surface area contributed by atoms with E-state index in [1.54, 1.807) is 13.0 Å². The molecular formula is C12H13NO2. The molecule has 0 fully saturated rings. The molecule has 2 aromatic rings. The molecule has 0 radical (unpaired) electrons. The SMILES string of the molecule is Cc1cc2nc(C)c(C)c(C)c2c(=O)o1. The number of aryl methyl sites for hydroxylation is 3. The van der Waals surface area contributed by atoms with E-state index in [0.29, 0.717) is 11.1 Å². The molecule has 0 amide bonds. The summed E-state index contributed by atoms with van der Waals surface area (Å²) in [4.78, 5) is 16.1. The van der Waals surface area contributed by atoms with Gasteiger partial charge in [0.15, 0.2) is 0 Å². The number of hydrogen-bond donors (Lipinski definition) is 0. The van der Waals surface area contributed by atoms with Crippen LogP contribution in [0.15, 0.2) is 15.3 Å². The van der Waals surface area contributed by atoms with Gasteiger partial charge in [0, 0.05) is 11.8 Å². The molecule has 3 heteroatoms. The molecule has 15 heavy (non-hydrogen) atoms. The Balaban J connectivity index is 3.06. The molecule has 0 saturated carbocycles. The lowest BCUT2D eigenvalue weighted by atomic mass is 10.0. The topological polar surface area (TPSA) is 43.1 Å². The molecule has 0 unspecified atom stereocenters. The summed E-state index contributed by atoms with van der Waals surface area (Å²) in [5.74, 6) is 0.600. The summed E-state index contributed by atoms with van der Waals surface area (Å²) >= 11 is 0. The second-order valence-electron chi connectivity index (χ2n) is 3.85. The Morgan fingerprint density at radius 1 is 1.13 bits per heavy atom. The van der Waals surface area contributed by atoms with Crippen molar-refractivity contribution in [1.29, 1.82) is 0 Å². The van der Waals surface area contributed by atoms with Crippen LogP contribution in [0.2, 0.25) is 0 Å². The number of rotatable bonds is 0. The largest absolute Gasteiger partial charge is 0.428 e. The van der Waals surface area contributed by atoms with Gasteiger partial charge in [-0.3, -0.25) is 4.98 Å². The van der Waals surface area contributed by atoms with Crippen molar-refractivity contribution in [2.75, 3.05) is 0 Å². The summed E-state index contributed by atoms with van der Waals surface area (Å²) in [5, 5.41) is 0.601. The van der Waals surface area contributed by atoms with Crippen molar-refractivity contribution in [2.45, 2.75) is 27.7 Å². The van der Waals surface area contributed by atoms with Crippen molar-refractivity contribution in [3.63, 3.8) is 0 Å². The standard InChI is InChI=1S/C12H13NO2/c1-6-5-10-11(12(14)15-6)8(3)7(2)9(4)13-10/h5H,1-4H3. The van der Waals surface area contributed by atoms with E-state index >= 15 is 0 Å². The maximum Gasteiger partial charge on any atom is 0.345 e. The molecule has 0 saturated heterocycles. The molecule has 0 aliphatic rings. The van der Waals surface area contributed by atoms with Gasteiger partial charge in [0.1, 0.15) is 5.76 Å². The Kier molecular flexibility index (Phi) is 2.11. The van der Waals surface area contributed by atoms with Gasteiger partial charge in [0.25, 0.3) is 0 Å². The van der Waals surface area contributed by atoms with Gasteiger partial charge in [0.2, 0.25) is 0 Å². The molecule has 0 atom stereocenters. The van der Waals surface area contributed by atoms with Crippen LogP contribution in [0.1, 0.15) is 22.6 Å². The molecule has 2 heterocycles. The second kappa shape index (κ2) is 3.19. The summed E-state index contributed by atoms with van der Waals surface area (Å²) in [6, 6.07) is 1.80. The lowest BCUT2D eigenvalue weighted by molar-refractivity contribution is 0.488. The second-order valence-corrected chi connectivity index (χ2v) is 3.85.